The van der Waals surface area contributed by atoms with E-state index in [2.05, 4.69) is 10.6 Å². The number of rotatable bonds is 10. The molecule has 202 valence electrons. The minimum atomic E-state index is -0.853. The van der Waals surface area contributed by atoms with Crippen LogP contribution in [0.2, 0.25) is 0 Å². The number of alkyl carbamates (subject to hydrolysis) is 1. The molecular weight excluding hydrogens is 466 g/mol. The van der Waals surface area contributed by atoms with Crippen LogP contribution in [0.4, 0.5) is 4.79 Å². The van der Waals surface area contributed by atoms with E-state index in [1.54, 1.807) is 25.7 Å². The van der Waals surface area contributed by atoms with Crippen molar-refractivity contribution >= 4 is 17.9 Å². The van der Waals surface area contributed by atoms with Crippen LogP contribution in [0.3, 0.4) is 0 Å². The van der Waals surface area contributed by atoms with Gasteiger partial charge in [0.25, 0.3) is 0 Å². The quantitative estimate of drug-likeness (QED) is 0.446. The summed E-state index contributed by atoms with van der Waals surface area (Å²) >= 11 is 0. The van der Waals surface area contributed by atoms with Gasteiger partial charge in [-0.25, -0.2) is 4.79 Å². The first-order valence-corrected chi connectivity index (χ1v) is 13.1. The molecule has 3 unspecified atom stereocenters. The van der Waals surface area contributed by atoms with Gasteiger partial charge < -0.3 is 20.3 Å². The zero-order valence-electron chi connectivity index (χ0n) is 23.6. The van der Waals surface area contributed by atoms with E-state index in [9.17, 15) is 14.4 Å². The van der Waals surface area contributed by atoms with Gasteiger partial charge in [0.05, 0.1) is 0 Å². The molecule has 7 nitrogen and oxygen atoms in total. The predicted molar refractivity (Wildman–Crippen MR) is 147 cm³/mol. The molecule has 7 heteroatoms. The largest absolute Gasteiger partial charge is 0.444 e. The van der Waals surface area contributed by atoms with Gasteiger partial charge in [0.1, 0.15) is 17.7 Å². The highest BCUT2D eigenvalue weighted by atomic mass is 16.6. The molecule has 0 saturated heterocycles. The number of carbonyl (C=O) groups is 3. The Kier molecular flexibility index (Phi) is 10.7. The number of hydrogen-bond acceptors (Lipinski definition) is 4. The molecule has 0 aliphatic heterocycles. The van der Waals surface area contributed by atoms with E-state index < -0.39 is 23.8 Å². The maximum atomic E-state index is 14.0. The first-order chi connectivity index (χ1) is 17.4. The number of amides is 3. The van der Waals surface area contributed by atoms with Gasteiger partial charge in [-0.1, -0.05) is 74.4 Å². The lowest BCUT2D eigenvalue weighted by Gasteiger charge is -2.36. The fraction of sp³-hybridized carbons (Fsp3) is 0.500. The van der Waals surface area contributed by atoms with Crippen molar-refractivity contribution in [1.29, 1.82) is 0 Å². The van der Waals surface area contributed by atoms with Gasteiger partial charge in [0.2, 0.25) is 11.8 Å². The minimum absolute atomic E-state index is 0.166. The summed E-state index contributed by atoms with van der Waals surface area (Å²) < 4.78 is 5.44. The summed E-state index contributed by atoms with van der Waals surface area (Å²) in [5, 5.41) is 5.80. The van der Waals surface area contributed by atoms with Gasteiger partial charge in [-0.3, -0.25) is 9.59 Å². The second-order valence-electron chi connectivity index (χ2n) is 10.6. The second kappa shape index (κ2) is 13.3. The molecule has 0 aliphatic carbocycles. The van der Waals surface area contributed by atoms with E-state index in [1.807, 2.05) is 83.1 Å². The molecule has 0 radical (unpaired) electrons. The number of likely N-dealkylation sites (N-methyl/N-ethyl adjacent to an activating group) is 1. The van der Waals surface area contributed by atoms with Crippen molar-refractivity contribution in [2.75, 3.05) is 6.54 Å². The van der Waals surface area contributed by atoms with Crippen molar-refractivity contribution in [2.45, 2.75) is 86.0 Å². The zero-order chi connectivity index (χ0) is 27.8. The lowest BCUT2D eigenvalue weighted by atomic mass is 9.94. The number of benzene rings is 2. The molecule has 0 aromatic heterocycles. The average Bonchev–Trinajstić information content (AvgIpc) is 2.83. The fourth-order valence-electron chi connectivity index (χ4n) is 4.23. The SMILES string of the molecule is CCC(C)C(NC(=O)OC(C)(C)C)C(=O)N(CC)C(C(=O)NCc1ccccc1)c1ccc(C)cc1C. The van der Waals surface area contributed by atoms with Gasteiger partial charge in [-0.15, -0.1) is 0 Å². The molecule has 0 saturated carbocycles. The number of ether oxygens (including phenoxy) is 1. The Hall–Kier alpha value is -3.35. The summed E-state index contributed by atoms with van der Waals surface area (Å²) in [5.41, 5.74) is 3.02. The van der Waals surface area contributed by atoms with Crippen LogP contribution in [0.25, 0.3) is 0 Å². The molecule has 2 rings (SSSR count). The summed E-state index contributed by atoms with van der Waals surface area (Å²) in [6, 6.07) is 13.8. The zero-order valence-corrected chi connectivity index (χ0v) is 23.6. The van der Waals surface area contributed by atoms with Crippen molar-refractivity contribution in [3.63, 3.8) is 0 Å². The van der Waals surface area contributed by atoms with E-state index >= 15 is 0 Å². The van der Waals surface area contributed by atoms with Crippen LogP contribution in [0.5, 0.6) is 0 Å². The molecule has 0 spiro atoms. The number of nitrogens with zero attached hydrogens (tertiary/aromatic N) is 1. The van der Waals surface area contributed by atoms with Crippen LogP contribution in [0.15, 0.2) is 48.5 Å². The summed E-state index contributed by atoms with van der Waals surface area (Å²) in [6.07, 6.45) is 0.0110. The van der Waals surface area contributed by atoms with Crippen molar-refractivity contribution < 1.29 is 19.1 Å². The number of hydrogen-bond donors (Lipinski definition) is 2. The van der Waals surface area contributed by atoms with Gasteiger partial charge >= 0.3 is 6.09 Å². The van der Waals surface area contributed by atoms with E-state index in [0.29, 0.717) is 19.5 Å². The van der Waals surface area contributed by atoms with Crippen LogP contribution in [0, 0.1) is 19.8 Å². The third-order valence-corrected chi connectivity index (χ3v) is 6.36. The standard InChI is InChI=1S/C30H43N3O4/c1-9-21(4)25(32-29(36)37-30(6,7)8)28(35)33(10-2)26(24-17-16-20(3)18-22(24)5)27(34)31-19-23-14-12-11-13-15-23/h11-18,21,25-26H,9-10,19H2,1-8H3,(H,31,34)(H,32,36). The third kappa shape index (κ3) is 8.62. The Bertz CT molecular complexity index is 1060. The number of nitrogens with one attached hydrogen (secondary N) is 2. The fourth-order valence-corrected chi connectivity index (χ4v) is 4.23. The second-order valence-corrected chi connectivity index (χ2v) is 10.6. The average molecular weight is 510 g/mol. The topological polar surface area (TPSA) is 87.7 Å². The van der Waals surface area contributed by atoms with E-state index in [-0.39, 0.29) is 17.7 Å². The molecule has 2 aromatic carbocycles. The lowest BCUT2D eigenvalue weighted by Crippen LogP contribution is -2.55. The maximum Gasteiger partial charge on any atom is 0.408 e. The number of carbonyl (C=O) groups excluding carboxylic acids is 3. The molecular formula is C30H43N3O4. The Labute approximate surface area is 222 Å². The molecule has 3 atom stereocenters. The molecule has 0 fully saturated rings. The summed E-state index contributed by atoms with van der Waals surface area (Å²) in [5.74, 6) is -0.755. The minimum Gasteiger partial charge on any atom is -0.444 e. The molecule has 2 N–H and O–H groups in total. The van der Waals surface area contributed by atoms with Crippen molar-refractivity contribution in [2.24, 2.45) is 5.92 Å². The number of aryl methyl sites for hydroxylation is 2. The van der Waals surface area contributed by atoms with E-state index in [4.69, 9.17) is 4.74 Å². The van der Waals surface area contributed by atoms with Gasteiger partial charge in [-0.2, -0.15) is 0 Å². The third-order valence-electron chi connectivity index (χ3n) is 6.36. The predicted octanol–water partition coefficient (Wildman–Crippen LogP) is 5.45. The highest BCUT2D eigenvalue weighted by molar-refractivity contribution is 5.92. The lowest BCUT2D eigenvalue weighted by molar-refractivity contribution is -0.143. The van der Waals surface area contributed by atoms with Crippen molar-refractivity contribution in [3.05, 3.63) is 70.8 Å². The van der Waals surface area contributed by atoms with Crippen LogP contribution in [-0.4, -0.2) is 41.0 Å². The first-order valence-electron chi connectivity index (χ1n) is 13.1. The van der Waals surface area contributed by atoms with Crippen molar-refractivity contribution in [3.8, 4) is 0 Å². The molecule has 0 bridgehead atoms. The van der Waals surface area contributed by atoms with E-state index in [0.717, 1.165) is 22.3 Å². The Balaban J connectivity index is 2.44. The Morgan fingerprint density at radius 3 is 2.19 bits per heavy atom. The van der Waals surface area contributed by atoms with Gasteiger partial charge in [0.15, 0.2) is 0 Å². The maximum absolute atomic E-state index is 14.0. The summed E-state index contributed by atoms with van der Waals surface area (Å²) in [7, 11) is 0. The smallest absolute Gasteiger partial charge is 0.408 e. The van der Waals surface area contributed by atoms with Crippen LogP contribution in [-0.2, 0) is 20.9 Å². The van der Waals surface area contributed by atoms with Crippen LogP contribution >= 0.6 is 0 Å². The molecule has 0 aliphatic rings. The normalized spacial score (nSPS) is 13.7. The molecule has 2 aromatic rings. The summed E-state index contributed by atoms with van der Waals surface area (Å²) in [4.78, 5) is 41.9. The highest BCUT2D eigenvalue weighted by Crippen LogP contribution is 2.27. The van der Waals surface area contributed by atoms with Crippen LogP contribution < -0.4 is 10.6 Å². The molecule has 0 heterocycles. The van der Waals surface area contributed by atoms with Crippen molar-refractivity contribution in [1.82, 2.24) is 15.5 Å². The first kappa shape index (κ1) is 29.9. The van der Waals surface area contributed by atoms with Gasteiger partial charge in [0, 0.05) is 13.1 Å². The van der Waals surface area contributed by atoms with Crippen LogP contribution in [0.1, 0.15) is 76.3 Å². The van der Waals surface area contributed by atoms with E-state index in [1.165, 1.54) is 0 Å². The summed E-state index contributed by atoms with van der Waals surface area (Å²) in [6.45, 7) is 15.6. The van der Waals surface area contributed by atoms with Gasteiger partial charge in [-0.05, 0) is 64.2 Å². The highest BCUT2D eigenvalue weighted by Gasteiger charge is 2.37. The Morgan fingerprint density at radius 1 is 1.00 bits per heavy atom. The Morgan fingerprint density at radius 2 is 1.65 bits per heavy atom. The molecule has 37 heavy (non-hydrogen) atoms. The monoisotopic (exact) mass is 509 g/mol. The molecule has 3 amide bonds.